The molecule has 3 aliphatic rings. The third-order valence-corrected chi connectivity index (χ3v) is 5.62. The van der Waals surface area contributed by atoms with Crippen molar-refractivity contribution in [1.29, 1.82) is 0 Å². The number of hydrogen-bond donors (Lipinski definition) is 1. The van der Waals surface area contributed by atoms with E-state index in [1.54, 1.807) is 0 Å². The van der Waals surface area contributed by atoms with Crippen LogP contribution in [-0.4, -0.2) is 58.4 Å². The Morgan fingerprint density at radius 2 is 2.00 bits per heavy atom. The summed E-state index contributed by atoms with van der Waals surface area (Å²) in [4.78, 5) is 16.5. The van der Waals surface area contributed by atoms with Gasteiger partial charge in [-0.2, -0.15) is 0 Å². The van der Waals surface area contributed by atoms with E-state index in [4.69, 9.17) is 4.74 Å². The minimum atomic E-state index is -0.472. The van der Waals surface area contributed by atoms with Gasteiger partial charge in [0.05, 0.1) is 30.8 Å². The van der Waals surface area contributed by atoms with Crippen molar-refractivity contribution in [3.05, 3.63) is 35.9 Å². The number of nitrogens with zero attached hydrogens (tertiary/aromatic N) is 2. The van der Waals surface area contributed by atoms with Gasteiger partial charge in [-0.05, 0) is 31.2 Å². The summed E-state index contributed by atoms with van der Waals surface area (Å²) in [5, 5.41) is 10.8. The zero-order chi connectivity index (χ0) is 16.0. The minimum Gasteiger partial charge on any atom is -0.450 e. The summed E-state index contributed by atoms with van der Waals surface area (Å²) in [5.74, 6) is 0.563. The Kier molecular flexibility index (Phi) is 3.77. The molecule has 124 valence electrons. The molecule has 0 unspecified atom stereocenters. The van der Waals surface area contributed by atoms with Crippen LogP contribution >= 0.6 is 0 Å². The normalized spacial score (nSPS) is 35.6. The molecule has 1 N–H and O–H groups in total. The highest BCUT2D eigenvalue weighted by molar-refractivity contribution is 5.70. The standard InChI is InChI=1S/C18H24N2O3/c1-2-23-18(22)20-14-8-13-9-15(20)17(21)16(14)19(11-13)10-12-6-4-3-5-7-12/h3-7,13-17,21H,2,8-11H2,1H3/t13-,14-,15+,16+,17+/m1/s1. The molecule has 1 aromatic rings. The third-order valence-electron chi connectivity index (χ3n) is 5.62. The molecule has 3 saturated heterocycles. The lowest BCUT2D eigenvalue weighted by atomic mass is 9.86. The highest BCUT2D eigenvalue weighted by atomic mass is 16.6. The molecule has 3 bridgehead atoms. The zero-order valence-corrected chi connectivity index (χ0v) is 13.5. The molecule has 0 radical (unpaired) electrons. The van der Waals surface area contributed by atoms with Crippen LogP contribution < -0.4 is 0 Å². The quantitative estimate of drug-likeness (QED) is 0.925. The van der Waals surface area contributed by atoms with E-state index in [0.29, 0.717) is 12.5 Å². The number of likely N-dealkylation sites (tertiary alicyclic amines) is 1. The van der Waals surface area contributed by atoms with Crippen molar-refractivity contribution in [2.75, 3.05) is 13.2 Å². The topological polar surface area (TPSA) is 53.0 Å². The number of aliphatic hydroxyl groups excluding tert-OH is 1. The van der Waals surface area contributed by atoms with Crippen molar-refractivity contribution in [1.82, 2.24) is 9.80 Å². The van der Waals surface area contributed by atoms with Crippen molar-refractivity contribution >= 4 is 6.09 Å². The van der Waals surface area contributed by atoms with Gasteiger partial charge in [0.15, 0.2) is 0 Å². The summed E-state index contributed by atoms with van der Waals surface area (Å²) >= 11 is 0. The van der Waals surface area contributed by atoms with Crippen LogP contribution in [-0.2, 0) is 11.3 Å². The molecule has 0 aliphatic carbocycles. The number of aliphatic hydroxyl groups is 1. The van der Waals surface area contributed by atoms with Crippen LogP contribution in [0.2, 0.25) is 0 Å². The molecule has 3 aliphatic heterocycles. The molecule has 5 nitrogen and oxygen atoms in total. The lowest BCUT2D eigenvalue weighted by molar-refractivity contribution is 0.00753. The van der Waals surface area contributed by atoms with Crippen LogP contribution in [0.5, 0.6) is 0 Å². The first-order valence-electron chi connectivity index (χ1n) is 8.60. The number of piperidine rings is 2. The van der Waals surface area contributed by atoms with Gasteiger partial charge < -0.3 is 9.84 Å². The highest BCUT2D eigenvalue weighted by Gasteiger charge is 2.59. The first-order chi connectivity index (χ1) is 11.2. The van der Waals surface area contributed by atoms with E-state index in [-0.39, 0.29) is 24.2 Å². The number of amides is 1. The lowest BCUT2D eigenvalue weighted by Crippen LogP contribution is -2.57. The fourth-order valence-corrected chi connectivity index (χ4v) is 4.83. The highest BCUT2D eigenvalue weighted by Crippen LogP contribution is 2.46. The Morgan fingerprint density at radius 1 is 1.26 bits per heavy atom. The molecule has 0 spiro atoms. The van der Waals surface area contributed by atoms with Crippen LogP contribution in [0.15, 0.2) is 30.3 Å². The number of rotatable bonds is 3. The van der Waals surface area contributed by atoms with E-state index in [0.717, 1.165) is 25.9 Å². The van der Waals surface area contributed by atoms with Crippen molar-refractivity contribution in [2.45, 2.75) is 50.5 Å². The average molecular weight is 316 g/mol. The molecular formula is C18H24N2O3. The van der Waals surface area contributed by atoms with Gasteiger partial charge in [-0.3, -0.25) is 9.80 Å². The number of carbonyl (C=O) groups is 1. The largest absolute Gasteiger partial charge is 0.450 e. The SMILES string of the molecule is CCOC(=O)N1[C@@H]2C[C@@H]3C[C@H]1[C@H](O)[C@H]2N(Cc1ccccc1)C3. The first kappa shape index (κ1) is 15.0. The van der Waals surface area contributed by atoms with Gasteiger partial charge in [-0.15, -0.1) is 0 Å². The number of fused-ring (bicyclic) bond motifs is 2. The third kappa shape index (κ3) is 2.42. The summed E-state index contributed by atoms with van der Waals surface area (Å²) in [6.07, 6.45) is 1.14. The molecule has 5 atom stereocenters. The van der Waals surface area contributed by atoms with Crippen molar-refractivity contribution < 1.29 is 14.6 Å². The van der Waals surface area contributed by atoms with Crippen LogP contribution in [0.4, 0.5) is 4.79 Å². The van der Waals surface area contributed by atoms with Crippen LogP contribution in [0.25, 0.3) is 0 Å². The lowest BCUT2D eigenvalue weighted by Gasteiger charge is -2.46. The monoisotopic (exact) mass is 316 g/mol. The fourth-order valence-electron chi connectivity index (χ4n) is 4.83. The number of carbonyl (C=O) groups excluding carboxylic acids is 1. The molecular weight excluding hydrogens is 292 g/mol. The van der Waals surface area contributed by atoms with Gasteiger partial charge in [0, 0.05) is 13.1 Å². The van der Waals surface area contributed by atoms with Crippen LogP contribution in [0.3, 0.4) is 0 Å². The summed E-state index contributed by atoms with van der Waals surface area (Å²) in [6.45, 7) is 4.06. The van der Waals surface area contributed by atoms with Gasteiger partial charge >= 0.3 is 6.09 Å². The zero-order valence-electron chi connectivity index (χ0n) is 13.5. The van der Waals surface area contributed by atoms with Crippen molar-refractivity contribution in [3.63, 3.8) is 0 Å². The maximum atomic E-state index is 12.3. The van der Waals surface area contributed by atoms with Crippen LogP contribution in [0, 0.1) is 5.92 Å². The Hall–Kier alpha value is -1.59. The molecule has 0 aromatic heterocycles. The van der Waals surface area contributed by atoms with Crippen molar-refractivity contribution in [3.8, 4) is 0 Å². The van der Waals surface area contributed by atoms with Gasteiger partial charge in [0.25, 0.3) is 0 Å². The Labute approximate surface area is 136 Å². The predicted octanol–water partition coefficient (Wildman–Crippen LogP) is 1.85. The van der Waals surface area contributed by atoms with E-state index in [1.165, 1.54) is 5.56 Å². The molecule has 3 fully saturated rings. The maximum Gasteiger partial charge on any atom is 0.410 e. The van der Waals surface area contributed by atoms with Gasteiger partial charge in [0.2, 0.25) is 0 Å². The first-order valence-corrected chi connectivity index (χ1v) is 8.60. The molecule has 1 amide bonds. The van der Waals surface area contributed by atoms with Gasteiger partial charge in [-0.1, -0.05) is 30.3 Å². The van der Waals surface area contributed by atoms with E-state index >= 15 is 0 Å². The molecule has 1 aromatic carbocycles. The Morgan fingerprint density at radius 3 is 2.74 bits per heavy atom. The van der Waals surface area contributed by atoms with E-state index < -0.39 is 6.10 Å². The Balaban J connectivity index is 1.58. The smallest absolute Gasteiger partial charge is 0.410 e. The maximum absolute atomic E-state index is 12.3. The average Bonchev–Trinajstić information content (AvgIpc) is 2.65. The van der Waals surface area contributed by atoms with Crippen LogP contribution in [0.1, 0.15) is 25.3 Å². The second-order valence-corrected chi connectivity index (χ2v) is 6.97. The summed E-state index contributed by atoms with van der Waals surface area (Å²) in [7, 11) is 0. The van der Waals surface area contributed by atoms with Gasteiger partial charge in [-0.25, -0.2) is 4.79 Å². The fraction of sp³-hybridized carbons (Fsp3) is 0.611. The molecule has 0 saturated carbocycles. The minimum absolute atomic E-state index is 0.0309. The predicted molar refractivity (Wildman–Crippen MR) is 85.8 cm³/mol. The molecule has 5 heteroatoms. The number of benzene rings is 1. The summed E-state index contributed by atoms with van der Waals surface area (Å²) in [5.41, 5.74) is 1.26. The van der Waals surface area contributed by atoms with Crippen molar-refractivity contribution in [2.24, 2.45) is 5.92 Å². The Bertz CT molecular complexity index is 579. The molecule has 3 heterocycles. The number of ether oxygens (including phenoxy) is 1. The molecule has 23 heavy (non-hydrogen) atoms. The van der Waals surface area contributed by atoms with E-state index in [9.17, 15) is 9.90 Å². The second kappa shape index (κ2) is 5.80. The summed E-state index contributed by atoms with van der Waals surface area (Å²) < 4.78 is 5.23. The summed E-state index contributed by atoms with van der Waals surface area (Å²) in [6, 6.07) is 10.4. The van der Waals surface area contributed by atoms with Gasteiger partial charge in [0.1, 0.15) is 0 Å². The van der Waals surface area contributed by atoms with E-state index in [2.05, 4.69) is 17.0 Å². The second-order valence-electron chi connectivity index (χ2n) is 6.97. The molecule has 4 rings (SSSR count). The van der Waals surface area contributed by atoms with E-state index in [1.807, 2.05) is 30.0 Å². The number of hydrogen-bond acceptors (Lipinski definition) is 4.